The third-order valence-electron chi connectivity index (χ3n) is 3.47. The fourth-order valence-electron chi connectivity index (χ4n) is 2.36. The van der Waals surface area contributed by atoms with Gasteiger partial charge in [-0.1, -0.05) is 39.0 Å². The number of para-hydroxylation sites is 2. The topological polar surface area (TPSA) is 84.5 Å². The van der Waals surface area contributed by atoms with Crippen molar-refractivity contribution in [2.45, 2.75) is 32.1 Å². The van der Waals surface area contributed by atoms with Crippen molar-refractivity contribution in [2.75, 3.05) is 17.1 Å². The second-order valence-corrected chi connectivity index (χ2v) is 8.80. The molecule has 2 aromatic carbocycles. The van der Waals surface area contributed by atoms with Crippen molar-refractivity contribution >= 4 is 27.3 Å². The molecule has 26 heavy (non-hydrogen) atoms. The zero-order valence-corrected chi connectivity index (χ0v) is 16.2. The van der Waals surface area contributed by atoms with Crippen LogP contribution in [0.5, 0.6) is 5.75 Å². The van der Waals surface area contributed by atoms with Crippen LogP contribution in [0.3, 0.4) is 0 Å². The van der Waals surface area contributed by atoms with Crippen LogP contribution < -0.4 is 14.8 Å². The number of rotatable bonds is 6. The number of methoxy groups -OCH3 is 1. The molecule has 0 heterocycles. The van der Waals surface area contributed by atoms with Crippen molar-refractivity contribution < 1.29 is 17.9 Å². The van der Waals surface area contributed by atoms with E-state index in [0.717, 1.165) is 0 Å². The molecule has 1 amide bonds. The molecule has 0 saturated carbocycles. The highest BCUT2D eigenvalue weighted by molar-refractivity contribution is 7.92. The van der Waals surface area contributed by atoms with Gasteiger partial charge in [0.1, 0.15) is 5.75 Å². The number of hydrogen-bond acceptors (Lipinski definition) is 4. The van der Waals surface area contributed by atoms with Crippen molar-refractivity contribution in [3.8, 4) is 5.75 Å². The van der Waals surface area contributed by atoms with E-state index in [0.29, 0.717) is 23.5 Å². The van der Waals surface area contributed by atoms with Crippen LogP contribution in [0.1, 0.15) is 27.2 Å². The van der Waals surface area contributed by atoms with Gasteiger partial charge in [0.15, 0.2) is 0 Å². The summed E-state index contributed by atoms with van der Waals surface area (Å²) in [5.74, 6) is 0.260. The van der Waals surface area contributed by atoms with Crippen LogP contribution in [0.15, 0.2) is 53.4 Å². The zero-order valence-electron chi connectivity index (χ0n) is 15.4. The van der Waals surface area contributed by atoms with E-state index in [1.54, 1.807) is 36.4 Å². The normalized spacial score (nSPS) is 11.7. The minimum absolute atomic E-state index is 0.0527. The average Bonchev–Trinajstić information content (AvgIpc) is 2.53. The maximum absolute atomic E-state index is 12.7. The van der Waals surface area contributed by atoms with Crippen molar-refractivity contribution in [2.24, 2.45) is 5.41 Å². The Morgan fingerprint density at radius 2 is 1.77 bits per heavy atom. The predicted octanol–water partition coefficient (Wildman–Crippen LogP) is 3.87. The molecule has 0 aliphatic rings. The van der Waals surface area contributed by atoms with E-state index in [1.165, 1.54) is 19.2 Å². The lowest BCUT2D eigenvalue weighted by Crippen LogP contribution is -2.20. The molecule has 2 rings (SSSR count). The Bertz CT molecular complexity index is 886. The van der Waals surface area contributed by atoms with E-state index in [4.69, 9.17) is 4.74 Å². The molecule has 0 aliphatic carbocycles. The molecule has 2 aromatic rings. The summed E-state index contributed by atoms with van der Waals surface area (Å²) in [6, 6.07) is 12.9. The molecule has 0 radical (unpaired) electrons. The van der Waals surface area contributed by atoms with E-state index >= 15 is 0 Å². The van der Waals surface area contributed by atoms with Crippen LogP contribution >= 0.6 is 0 Å². The van der Waals surface area contributed by atoms with Crippen LogP contribution in [-0.2, 0) is 14.8 Å². The van der Waals surface area contributed by atoms with E-state index in [-0.39, 0.29) is 16.2 Å². The first kappa shape index (κ1) is 19.8. The quantitative estimate of drug-likeness (QED) is 0.801. The number of anilines is 2. The molecule has 0 fully saturated rings. The van der Waals surface area contributed by atoms with E-state index < -0.39 is 10.0 Å². The van der Waals surface area contributed by atoms with Gasteiger partial charge in [-0.2, -0.15) is 0 Å². The van der Waals surface area contributed by atoms with Crippen LogP contribution in [-0.4, -0.2) is 21.4 Å². The lowest BCUT2D eigenvalue weighted by atomic mass is 9.92. The number of benzene rings is 2. The first-order valence-electron chi connectivity index (χ1n) is 8.16. The van der Waals surface area contributed by atoms with Gasteiger partial charge < -0.3 is 10.1 Å². The number of carbonyl (C=O) groups excluding carboxylic acids is 1. The monoisotopic (exact) mass is 376 g/mol. The summed E-state index contributed by atoms with van der Waals surface area (Å²) >= 11 is 0. The molecule has 0 aliphatic heterocycles. The summed E-state index contributed by atoms with van der Waals surface area (Å²) < 4.78 is 33.0. The van der Waals surface area contributed by atoms with Crippen LogP contribution in [0.25, 0.3) is 0 Å². The van der Waals surface area contributed by atoms with Gasteiger partial charge in [0.2, 0.25) is 5.91 Å². The summed E-state index contributed by atoms with van der Waals surface area (Å²) in [6.07, 6.45) is 0.337. The number of nitrogens with one attached hydrogen (secondary N) is 2. The average molecular weight is 376 g/mol. The maximum Gasteiger partial charge on any atom is 0.262 e. The highest BCUT2D eigenvalue weighted by Crippen LogP contribution is 2.27. The molecule has 2 N–H and O–H groups in total. The summed E-state index contributed by atoms with van der Waals surface area (Å²) in [5, 5.41) is 2.74. The smallest absolute Gasteiger partial charge is 0.262 e. The van der Waals surface area contributed by atoms with Crippen LogP contribution in [0, 0.1) is 5.41 Å². The Morgan fingerprint density at radius 3 is 2.42 bits per heavy atom. The fourth-order valence-corrected chi connectivity index (χ4v) is 3.48. The van der Waals surface area contributed by atoms with Gasteiger partial charge in [-0.05, 0) is 35.7 Å². The molecule has 7 heteroatoms. The summed E-state index contributed by atoms with van der Waals surface area (Å²) in [6.45, 7) is 5.89. The number of hydrogen-bond donors (Lipinski definition) is 2. The Balaban J connectivity index is 2.21. The van der Waals surface area contributed by atoms with Gasteiger partial charge in [-0.15, -0.1) is 0 Å². The van der Waals surface area contributed by atoms with E-state index in [1.807, 2.05) is 20.8 Å². The third kappa shape index (κ3) is 5.49. The first-order valence-corrected chi connectivity index (χ1v) is 9.65. The molecule has 0 unspecified atom stereocenters. The SMILES string of the molecule is COc1ccccc1NS(=O)(=O)c1cccc(NC(=O)CC(C)(C)C)c1. The summed E-state index contributed by atoms with van der Waals surface area (Å²) in [4.78, 5) is 12.1. The molecule has 0 aromatic heterocycles. The molecule has 6 nitrogen and oxygen atoms in total. The van der Waals surface area contributed by atoms with Crippen LogP contribution in [0.4, 0.5) is 11.4 Å². The molecular formula is C19H24N2O4S. The van der Waals surface area contributed by atoms with Gasteiger partial charge >= 0.3 is 0 Å². The highest BCUT2D eigenvalue weighted by Gasteiger charge is 2.19. The third-order valence-corrected chi connectivity index (χ3v) is 4.83. The fraction of sp³-hybridized carbons (Fsp3) is 0.316. The predicted molar refractivity (Wildman–Crippen MR) is 103 cm³/mol. The second kappa shape index (κ2) is 7.78. The number of ether oxygens (including phenoxy) is 1. The molecule has 0 spiro atoms. The number of carbonyl (C=O) groups is 1. The van der Waals surface area contributed by atoms with Gasteiger partial charge in [0.05, 0.1) is 17.7 Å². The lowest BCUT2D eigenvalue weighted by molar-refractivity contribution is -0.117. The first-order chi connectivity index (χ1) is 12.1. The van der Waals surface area contributed by atoms with E-state index in [9.17, 15) is 13.2 Å². The van der Waals surface area contributed by atoms with Gasteiger partial charge in [0, 0.05) is 12.1 Å². The minimum atomic E-state index is -3.82. The van der Waals surface area contributed by atoms with E-state index in [2.05, 4.69) is 10.0 Å². The Labute approximate surface area is 154 Å². The molecule has 0 atom stereocenters. The zero-order chi connectivity index (χ0) is 19.4. The van der Waals surface area contributed by atoms with Crippen molar-refractivity contribution in [3.63, 3.8) is 0 Å². The van der Waals surface area contributed by atoms with Gasteiger partial charge in [-0.3, -0.25) is 9.52 Å². The van der Waals surface area contributed by atoms with Gasteiger partial charge in [-0.25, -0.2) is 8.42 Å². The number of sulfonamides is 1. The molecule has 0 bridgehead atoms. The largest absolute Gasteiger partial charge is 0.495 e. The molecular weight excluding hydrogens is 352 g/mol. The highest BCUT2D eigenvalue weighted by atomic mass is 32.2. The van der Waals surface area contributed by atoms with Crippen molar-refractivity contribution in [3.05, 3.63) is 48.5 Å². The molecule has 0 saturated heterocycles. The molecule has 140 valence electrons. The summed E-state index contributed by atoms with van der Waals surface area (Å²) in [5.41, 5.74) is 0.624. The lowest BCUT2D eigenvalue weighted by Gasteiger charge is -2.17. The Kier molecular flexibility index (Phi) is 5.92. The second-order valence-electron chi connectivity index (χ2n) is 7.12. The van der Waals surface area contributed by atoms with Gasteiger partial charge in [0.25, 0.3) is 10.0 Å². The standard InChI is InChI=1S/C19H24N2O4S/c1-19(2,3)13-18(22)20-14-8-7-9-15(12-14)26(23,24)21-16-10-5-6-11-17(16)25-4/h5-12,21H,13H2,1-4H3,(H,20,22). The van der Waals surface area contributed by atoms with Crippen molar-refractivity contribution in [1.29, 1.82) is 0 Å². The summed E-state index contributed by atoms with van der Waals surface area (Å²) in [7, 11) is -2.35. The minimum Gasteiger partial charge on any atom is -0.495 e. The maximum atomic E-state index is 12.7. The van der Waals surface area contributed by atoms with Crippen LogP contribution in [0.2, 0.25) is 0 Å². The Morgan fingerprint density at radius 1 is 1.08 bits per heavy atom. The number of amides is 1. The van der Waals surface area contributed by atoms with Crippen molar-refractivity contribution in [1.82, 2.24) is 0 Å². The Hall–Kier alpha value is -2.54.